The van der Waals surface area contributed by atoms with Gasteiger partial charge in [0.1, 0.15) is 5.75 Å². The Morgan fingerprint density at radius 1 is 1.32 bits per heavy atom. The summed E-state index contributed by atoms with van der Waals surface area (Å²) >= 11 is 0. The van der Waals surface area contributed by atoms with Crippen LogP contribution in [0.15, 0.2) is 18.2 Å². The quantitative estimate of drug-likeness (QED) is 0.909. The van der Waals surface area contributed by atoms with Crippen LogP contribution >= 0.6 is 0 Å². The lowest BCUT2D eigenvalue weighted by atomic mass is 9.99. The Morgan fingerprint density at radius 2 is 2.08 bits per heavy atom. The van der Waals surface area contributed by atoms with Crippen molar-refractivity contribution in [2.75, 3.05) is 19.7 Å². The fourth-order valence-corrected chi connectivity index (χ4v) is 3.68. The molecule has 2 fully saturated rings. The molecule has 1 aromatic rings. The Kier molecular flexibility index (Phi) is 4.88. The molecule has 136 valence electrons. The van der Waals surface area contributed by atoms with Gasteiger partial charge in [-0.1, -0.05) is 6.07 Å². The lowest BCUT2D eigenvalue weighted by Gasteiger charge is -2.37. The van der Waals surface area contributed by atoms with Crippen molar-refractivity contribution in [3.63, 3.8) is 0 Å². The van der Waals surface area contributed by atoms with E-state index in [2.05, 4.69) is 5.32 Å². The highest BCUT2D eigenvalue weighted by molar-refractivity contribution is 5.80. The molecule has 1 aromatic carbocycles. The summed E-state index contributed by atoms with van der Waals surface area (Å²) in [5.41, 5.74) is 2.35. The fourth-order valence-electron chi connectivity index (χ4n) is 3.68. The van der Waals surface area contributed by atoms with Gasteiger partial charge in [-0.05, 0) is 57.4 Å². The number of urea groups is 1. The number of likely N-dealkylation sites (tertiary alicyclic amines) is 1. The lowest BCUT2D eigenvalue weighted by molar-refractivity contribution is -0.135. The zero-order valence-electron chi connectivity index (χ0n) is 15.4. The molecule has 0 radical (unpaired) electrons. The van der Waals surface area contributed by atoms with Crippen LogP contribution in [0.25, 0.3) is 0 Å². The first-order valence-corrected chi connectivity index (χ1v) is 8.93. The Balaban J connectivity index is 1.56. The van der Waals surface area contributed by atoms with Gasteiger partial charge >= 0.3 is 6.03 Å². The SMILES string of the molecule is Cc1ccc(OCC(=O)N2CC[C@H]3[C@@H](C2)NC(=O)N3C(C)C)cc1C. The van der Waals surface area contributed by atoms with Crippen LogP contribution in [0.2, 0.25) is 0 Å². The highest BCUT2D eigenvalue weighted by Crippen LogP contribution is 2.25. The molecule has 1 N–H and O–H groups in total. The van der Waals surface area contributed by atoms with E-state index in [0.29, 0.717) is 18.8 Å². The minimum Gasteiger partial charge on any atom is -0.484 e. The first kappa shape index (κ1) is 17.6. The highest BCUT2D eigenvalue weighted by atomic mass is 16.5. The number of nitrogens with zero attached hydrogens (tertiary/aromatic N) is 2. The monoisotopic (exact) mass is 345 g/mol. The second kappa shape index (κ2) is 6.94. The number of hydrogen-bond donors (Lipinski definition) is 1. The molecule has 2 aliphatic heterocycles. The first-order chi connectivity index (χ1) is 11.9. The Hall–Kier alpha value is -2.24. The van der Waals surface area contributed by atoms with Crippen LogP contribution in [0.3, 0.4) is 0 Å². The van der Waals surface area contributed by atoms with Gasteiger partial charge in [0.15, 0.2) is 6.61 Å². The second-order valence-electron chi connectivity index (χ2n) is 7.29. The van der Waals surface area contributed by atoms with Crippen molar-refractivity contribution in [3.05, 3.63) is 29.3 Å². The number of hydrogen-bond acceptors (Lipinski definition) is 3. The van der Waals surface area contributed by atoms with Crippen LogP contribution in [-0.2, 0) is 4.79 Å². The minimum absolute atomic E-state index is 0.00854. The molecule has 0 aromatic heterocycles. The van der Waals surface area contributed by atoms with E-state index in [9.17, 15) is 9.59 Å². The Labute approximate surface area is 149 Å². The summed E-state index contributed by atoms with van der Waals surface area (Å²) < 4.78 is 5.66. The largest absolute Gasteiger partial charge is 0.484 e. The number of amides is 3. The van der Waals surface area contributed by atoms with E-state index in [0.717, 1.165) is 12.0 Å². The molecule has 0 spiro atoms. The molecule has 3 amide bonds. The predicted molar refractivity (Wildman–Crippen MR) is 95.7 cm³/mol. The Bertz CT molecular complexity index is 674. The smallest absolute Gasteiger partial charge is 0.318 e. The van der Waals surface area contributed by atoms with Crippen molar-refractivity contribution in [2.45, 2.75) is 52.2 Å². The number of carbonyl (C=O) groups is 2. The zero-order chi connectivity index (χ0) is 18.1. The number of aryl methyl sites for hydroxylation is 2. The van der Waals surface area contributed by atoms with Gasteiger partial charge in [0, 0.05) is 19.1 Å². The molecule has 0 unspecified atom stereocenters. The molecule has 2 atom stereocenters. The summed E-state index contributed by atoms with van der Waals surface area (Å²) in [6, 6.07) is 6.17. The molecule has 25 heavy (non-hydrogen) atoms. The summed E-state index contributed by atoms with van der Waals surface area (Å²) in [7, 11) is 0. The molecule has 0 aliphatic carbocycles. The maximum Gasteiger partial charge on any atom is 0.318 e. The van der Waals surface area contributed by atoms with Crippen LogP contribution in [-0.4, -0.2) is 59.6 Å². The fraction of sp³-hybridized carbons (Fsp3) is 0.579. The van der Waals surface area contributed by atoms with Gasteiger partial charge in [-0.25, -0.2) is 4.79 Å². The lowest BCUT2D eigenvalue weighted by Crippen LogP contribution is -2.54. The summed E-state index contributed by atoms with van der Waals surface area (Å²) in [5.74, 6) is 0.681. The zero-order valence-corrected chi connectivity index (χ0v) is 15.4. The van der Waals surface area contributed by atoms with E-state index in [-0.39, 0.29) is 36.7 Å². The molecular formula is C19H27N3O3. The first-order valence-electron chi connectivity index (χ1n) is 8.93. The van der Waals surface area contributed by atoms with Gasteiger partial charge in [0.05, 0.1) is 12.1 Å². The maximum absolute atomic E-state index is 12.5. The van der Waals surface area contributed by atoms with E-state index >= 15 is 0 Å². The number of fused-ring (bicyclic) bond motifs is 1. The average Bonchev–Trinajstić information content (AvgIpc) is 2.90. The number of nitrogens with one attached hydrogen (secondary N) is 1. The molecule has 6 nitrogen and oxygen atoms in total. The van der Waals surface area contributed by atoms with Gasteiger partial charge < -0.3 is 19.9 Å². The van der Waals surface area contributed by atoms with Crippen LogP contribution in [0.5, 0.6) is 5.75 Å². The van der Waals surface area contributed by atoms with Crippen molar-refractivity contribution >= 4 is 11.9 Å². The number of ether oxygens (including phenoxy) is 1. The van der Waals surface area contributed by atoms with Gasteiger partial charge in [0.25, 0.3) is 5.91 Å². The van der Waals surface area contributed by atoms with E-state index in [1.54, 1.807) is 4.90 Å². The second-order valence-corrected chi connectivity index (χ2v) is 7.29. The summed E-state index contributed by atoms with van der Waals surface area (Å²) in [6.07, 6.45) is 0.803. The standard InChI is InChI=1S/C19H27N3O3/c1-12(2)22-17-7-8-21(10-16(17)20-19(22)24)18(23)11-25-15-6-5-13(3)14(4)9-15/h5-6,9,12,16-17H,7-8,10-11H2,1-4H3,(H,20,24)/t16-,17+/m1/s1. The third-order valence-electron chi connectivity index (χ3n) is 5.23. The van der Waals surface area contributed by atoms with E-state index < -0.39 is 0 Å². The molecule has 2 aliphatic rings. The molecule has 2 heterocycles. The van der Waals surface area contributed by atoms with Crippen molar-refractivity contribution < 1.29 is 14.3 Å². The van der Waals surface area contributed by atoms with Crippen LogP contribution in [0, 0.1) is 13.8 Å². The maximum atomic E-state index is 12.5. The molecule has 0 saturated carbocycles. The van der Waals surface area contributed by atoms with E-state index in [4.69, 9.17) is 4.74 Å². The van der Waals surface area contributed by atoms with Crippen LogP contribution < -0.4 is 10.1 Å². The summed E-state index contributed by atoms with van der Waals surface area (Å²) in [4.78, 5) is 28.3. The van der Waals surface area contributed by atoms with Crippen molar-refractivity contribution in [3.8, 4) is 5.75 Å². The van der Waals surface area contributed by atoms with Crippen molar-refractivity contribution in [1.82, 2.24) is 15.1 Å². The highest BCUT2D eigenvalue weighted by Gasteiger charge is 2.44. The van der Waals surface area contributed by atoms with Crippen molar-refractivity contribution in [2.24, 2.45) is 0 Å². The molecular weight excluding hydrogens is 318 g/mol. The Morgan fingerprint density at radius 3 is 2.76 bits per heavy atom. The molecule has 0 bridgehead atoms. The molecule has 2 saturated heterocycles. The van der Waals surface area contributed by atoms with Gasteiger partial charge in [0.2, 0.25) is 0 Å². The number of piperidine rings is 1. The van der Waals surface area contributed by atoms with Crippen molar-refractivity contribution in [1.29, 1.82) is 0 Å². The minimum atomic E-state index is -0.0334. The van der Waals surface area contributed by atoms with Crippen LogP contribution in [0.1, 0.15) is 31.4 Å². The molecule has 6 heteroatoms. The number of carbonyl (C=O) groups excluding carboxylic acids is 2. The van der Waals surface area contributed by atoms with Gasteiger partial charge in [-0.3, -0.25) is 4.79 Å². The topological polar surface area (TPSA) is 61.9 Å². The normalized spacial score (nSPS) is 22.8. The average molecular weight is 345 g/mol. The van der Waals surface area contributed by atoms with Gasteiger partial charge in [-0.15, -0.1) is 0 Å². The van der Waals surface area contributed by atoms with Gasteiger partial charge in [-0.2, -0.15) is 0 Å². The molecule has 3 rings (SSSR count). The third kappa shape index (κ3) is 3.57. The van der Waals surface area contributed by atoms with Crippen LogP contribution in [0.4, 0.5) is 4.79 Å². The third-order valence-corrected chi connectivity index (χ3v) is 5.23. The summed E-state index contributed by atoms with van der Waals surface area (Å²) in [5, 5.41) is 3.01. The summed E-state index contributed by atoms with van der Waals surface area (Å²) in [6.45, 7) is 9.36. The number of rotatable bonds is 4. The van der Waals surface area contributed by atoms with E-state index in [1.807, 2.05) is 50.8 Å². The van der Waals surface area contributed by atoms with E-state index in [1.165, 1.54) is 5.56 Å². The predicted octanol–water partition coefficient (Wildman–Crippen LogP) is 2.09. The number of benzene rings is 1.